The molecule has 0 bridgehead atoms. The second-order valence-corrected chi connectivity index (χ2v) is 8.44. The zero-order valence-corrected chi connectivity index (χ0v) is 17.6. The number of halogens is 1. The molecule has 0 aliphatic carbocycles. The van der Waals surface area contributed by atoms with E-state index in [1.54, 1.807) is 49.4 Å². The van der Waals surface area contributed by atoms with E-state index in [9.17, 15) is 14.4 Å². The standard InChI is InChI=1S/C23H24ClN3O3/c1-23(18-8-10-19(24)11-9-18)21(29)27(22(30)25-23)15-16-6-5-7-17(14-16)20(28)26-12-3-2-4-13-26/h5-11,14H,2-4,12-13,15H2,1H3,(H,25,30). The first-order valence-electron chi connectivity index (χ1n) is 10.2. The Labute approximate surface area is 180 Å². The highest BCUT2D eigenvalue weighted by Gasteiger charge is 2.48. The van der Waals surface area contributed by atoms with Crippen LogP contribution in [-0.4, -0.2) is 40.7 Å². The van der Waals surface area contributed by atoms with Gasteiger partial charge in [0.1, 0.15) is 5.54 Å². The zero-order valence-electron chi connectivity index (χ0n) is 16.9. The van der Waals surface area contributed by atoms with Crippen molar-refractivity contribution >= 4 is 29.4 Å². The van der Waals surface area contributed by atoms with Gasteiger partial charge in [0.2, 0.25) is 0 Å². The van der Waals surface area contributed by atoms with Crippen LogP contribution in [0.15, 0.2) is 48.5 Å². The molecule has 30 heavy (non-hydrogen) atoms. The van der Waals surface area contributed by atoms with Gasteiger partial charge in [-0.15, -0.1) is 0 Å². The number of likely N-dealkylation sites (tertiary alicyclic amines) is 1. The highest BCUT2D eigenvalue weighted by atomic mass is 35.5. The summed E-state index contributed by atoms with van der Waals surface area (Å²) in [4.78, 5) is 41.6. The Hall–Kier alpha value is -2.86. The number of piperidine rings is 1. The Morgan fingerprint density at radius 3 is 2.47 bits per heavy atom. The lowest BCUT2D eigenvalue weighted by molar-refractivity contribution is -0.131. The number of nitrogens with one attached hydrogen (secondary N) is 1. The molecule has 0 saturated carbocycles. The highest BCUT2D eigenvalue weighted by molar-refractivity contribution is 6.30. The van der Waals surface area contributed by atoms with Crippen molar-refractivity contribution in [2.24, 2.45) is 0 Å². The fraction of sp³-hybridized carbons (Fsp3) is 0.348. The SMILES string of the molecule is CC1(c2ccc(Cl)cc2)NC(=O)N(Cc2cccc(C(=O)N3CCCCC3)c2)C1=O. The molecule has 1 atom stereocenters. The average Bonchev–Trinajstić information content (AvgIpc) is 2.98. The van der Waals surface area contributed by atoms with E-state index in [1.807, 2.05) is 11.0 Å². The first-order chi connectivity index (χ1) is 14.4. The van der Waals surface area contributed by atoms with Gasteiger partial charge in [0, 0.05) is 23.7 Å². The Morgan fingerprint density at radius 1 is 1.07 bits per heavy atom. The number of amides is 4. The molecule has 2 aromatic rings. The molecule has 0 radical (unpaired) electrons. The van der Waals surface area contributed by atoms with Crippen LogP contribution in [0.2, 0.25) is 5.02 Å². The van der Waals surface area contributed by atoms with E-state index in [0.717, 1.165) is 37.9 Å². The summed E-state index contributed by atoms with van der Waals surface area (Å²) < 4.78 is 0. The number of urea groups is 1. The topological polar surface area (TPSA) is 69.7 Å². The summed E-state index contributed by atoms with van der Waals surface area (Å²) in [6.07, 6.45) is 3.21. The second-order valence-electron chi connectivity index (χ2n) is 8.01. The van der Waals surface area contributed by atoms with E-state index in [4.69, 9.17) is 11.6 Å². The number of carbonyl (C=O) groups excluding carboxylic acids is 3. The summed E-state index contributed by atoms with van der Waals surface area (Å²) in [7, 11) is 0. The summed E-state index contributed by atoms with van der Waals surface area (Å²) >= 11 is 5.95. The number of imide groups is 1. The molecule has 4 amide bonds. The number of hydrogen-bond acceptors (Lipinski definition) is 3. The van der Waals surface area contributed by atoms with Gasteiger partial charge in [-0.25, -0.2) is 4.79 Å². The van der Waals surface area contributed by atoms with Crippen LogP contribution >= 0.6 is 11.6 Å². The Morgan fingerprint density at radius 2 is 1.77 bits per heavy atom. The van der Waals surface area contributed by atoms with Crippen molar-refractivity contribution in [2.45, 2.75) is 38.3 Å². The number of carbonyl (C=O) groups is 3. The summed E-state index contributed by atoms with van der Waals surface area (Å²) in [5.74, 6) is -0.331. The molecule has 6 nitrogen and oxygen atoms in total. The average molecular weight is 426 g/mol. The minimum atomic E-state index is -1.15. The van der Waals surface area contributed by atoms with Crippen molar-refractivity contribution in [3.8, 4) is 0 Å². The van der Waals surface area contributed by atoms with Gasteiger partial charge in [0.25, 0.3) is 11.8 Å². The van der Waals surface area contributed by atoms with Gasteiger partial charge in [-0.2, -0.15) is 0 Å². The van der Waals surface area contributed by atoms with Crippen LogP contribution in [0.5, 0.6) is 0 Å². The normalized spacial score (nSPS) is 21.7. The molecule has 1 N–H and O–H groups in total. The molecule has 2 aromatic carbocycles. The van der Waals surface area contributed by atoms with Crippen LogP contribution in [0.3, 0.4) is 0 Å². The lowest BCUT2D eigenvalue weighted by Gasteiger charge is -2.27. The first-order valence-corrected chi connectivity index (χ1v) is 10.5. The molecule has 2 saturated heterocycles. The predicted octanol–water partition coefficient (Wildman–Crippen LogP) is 3.93. The molecule has 2 aliphatic rings. The van der Waals surface area contributed by atoms with Gasteiger partial charge in [-0.05, 0) is 61.6 Å². The van der Waals surface area contributed by atoms with E-state index in [2.05, 4.69) is 5.32 Å². The molecule has 0 spiro atoms. The maximum absolute atomic E-state index is 13.1. The lowest BCUT2D eigenvalue weighted by Crippen LogP contribution is -2.40. The van der Waals surface area contributed by atoms with Crippen LogP contribution in [0.4, 0.5) is 4.79 Å². The van der Waals surface area contributed by atoms with Crippen molar-refractivity contribution in [1.29, 1.82) is 0 Å². The van der Waals surface area contributed by atoms with Crippen LogP contribution in [0.25, 0.3) is 0 Å². The number of nitrogens with zero attached hydrogens (tertiary/aromatic N) is 2. The van der Waals surface area contributed by atoms with Crippen molar-refractivity contribution in [3.63, 3.8) is 0 Å². The van der Waals surface area contributed by atoms with Crippen molar-refractivity contribution in [3.05, 3.63) is 70.2 Å². The summed E-state index contributed by atoms with van der Waals surface area (Å²) in [6, 6.07) is 13.6. The van der Waals surface area contributed by atoms with Crippen LogP contribution in [0.1, 0.15) is 47.7 Å². The summed E-state index contributed by atoms with van der Waals surface area (Å²) in [5, 5.41) is 3.36. The molecule has 7 heteroatoms. The van der Waals surface area contributed by atoms with Crippen molar-refractivity contribution in [1.82, 2.24) is 15.1 Å². The van der Waals surface area contributed by atoms with Gasteiger partial charge in [-0.1, -0.05) is 35.9 Å². The third-order valence-corrected chi connectivity index (χ3v) is 6.11. The first kappa shape index (κ1) is 20.4. The number of benzene rings is 2. The monoisotopic (exact) mass is 425 g/mol. The van der Waals surface area contributed by atoms with Gasteiger partial charge >= 0.3 is 6.03 Å². The molecule has 2 fully saturated rings. The van der Waals surface area contributed by atoms with Gasteiger partial charge in [0.05, 0.1) is 6.54 Å². The largest absolute Gasteiger partial charge is 0.339 e. The minimum absolute atomic E-state index is 0.000229. The molecule has 2 aliphatic heterocycles. The summed E-state index contributed by atoms with van der Waals surface area (Å²) in [5.41, 5.74) is 0.841. The van der Waals surface area contributed by atoms with E-state index in [1.165, 1.54) is 4.90 Å². The molecular formula is C23H24ClN3O3. The quantitative estimate of drug-likeness (QED) is 0.754. The van der Waals surface area contributed by atoms with Crippen LogP contribution in [0, 0.1) is 0 Å². The number of hydrogen-bond donors (Lipinski definition) is 1. The smallest absolute Gasteiger partial charge is 0.325 e. The van der Waals surface area contributed by atoms with Gasteiger partial charge < -0.3 is 10.2 Å². The van der Waals surface area contributed by atoms with E-state index in [-0.39, 0.29) is 18.4 Å². The van der Waals surface area contributed by atoms with Crippen molar-refractivity contribution < 1.29 is 14.4 Å². The third-order valence-electron chi connectivity index (χ3n) is 5.85. The van der Waals surface area contributed by atoms with E-state index >= 15 is 0 Å². The maximum atomic E-state index is 13.1. The minimum Gasteiger partial charge on any atom is -0.339 e. The fourth-order valence-electron chi connectivity index (χ4n) is 4.08. The Balaban J connectivity index is 1.53. The molecule has 156 valence electrons. The Bertz CT molecular complexity index is 985. The fourth-order valence-corrected chi connectivity index (χ4v) is 4.21. The zero-order chi connectivity index (χ0) is 21.3. The number of rotatable bonds is 4. The molecule has 0 aromatic heterocycles. The second kappa shape index (κ2) is 8.11. The van der Waals surface area contributed by atoms with Gasteiger partial charge in [-0.3, -0.25) is 14.5 Å². The lowest BCUT2D eigenvalue weighted by atomic mass is 9.92. The highest BCUT2D eigenvalue weighted by Crippen LogP contribution is 2.30. The maximum Gasteiger partial charge on any atom is 0.325 e. The summed E-state index contributed by atoms with van der Waals surface area (Å²) in [6.45, 7) is 3.34. The molecular weight excluding hydrogens is 402 g/mol. The third kappa shape index (κ3) is 3.79. The predicted molar refractivity (Wildman–Crippen MR) is 114 cm³/mol. The van der Waals surface area contributed by atoms with Crippen LogP contribution < -0.4 is 5.32 Å². The Kier molecular flexibility index (Phi) is 5.52. The van der Waals surface area contributed by atoms with Gasteiger partial charge in [0.15, 0.2) is 0 Å². The molecule has 2 heterocycles. The van der Waals surface area contributed by atoms with Crippen molar-refractivity contribution in [2.75, 3.05) is 13.1 Å². The molecule has 4 rings (SSSR count). The molecule has 1 unspecified atom stereocenters. The van der Waals surface area contributed by atoms with E-state index in [0.29, 0.717) is 16.1 Å². The van der Waals surface area contributed by atoms with E-state index < -0.39 is 11.6 Å². The van der Waals surface area contributed by atoms with Crippen LogP contribution in [-0.2, 0) is 16.9 Å².